The largest absolute Gasteiger partial charge is 0.480 e. The Morgan fingerprint density at radius 1 is 1.54 bits per heavy atom. The summed E-state index contributed by atoms with van der Waals surface area (Å²) in [6, 6.07) is -2.04. The van der Waals surface area contributed by atoms with Crippen molar-refractivity contribution in [3.05, 3.63) is 0 Å². The van der Waals surface area contributed by atoms with Crippen molar-refractivity contribution in [1.29, 1.82) is 0 Å². The Morgan fingerprint density at radius 2 is 2.00 bits per heavy atom. The number of carboxylic acid groups (broad SMARTS) is 1. The molecule has 6 nitrogen and oxygen atoms in total. The highest BCUT2D eigenvalue weighted by atomic mass is 16.4. The first-order valence-corrected chi connectivity index (χ1v) is 3.85. The lowest BCUT2D eigenvalue weighted by Crippen LogP contribution is -2.54. The van der Waals surface area contributed by atoms with Gasteiger partial charge in [0, 0.05) is 0 Å². The summed E-state index contributed by atoms with van der Waals surface area (Å²) in [4.78, 5) is 11.9. The molecule has 0 aromatic heterocycles. The van der Waals surface area contributed by atoms with Gasteiger partial charge in [0.05, 0.1) is 18.8 Å². The Kier molecular flexibility index (Phi) is 4.86. The van der Waals surface area contributed by atoms with Crippen LogP contribution in [0.3, 0.4) is 0 Å². The molecule has 0 spiro atoms. The fourth-order valence-corrected chi connectivity index (χ4v) is 0.962. The van der Waals surface area contributed by atoms with Crippen LogP contribution in [0.2, 0.25) is 0 Å². The third-order valence-corrected chi connectivity index (χ3v) is 1.90. The molecule has 0 fully saturated rings. The minimum atomic E-state index is -1.38. The van der Waals surface area contributed by atoms with E-state index in [9.17, 15) is 9.90 Å². The topological polar surface area (TPSA) is 107 Å². The maximum absolute atomic E-state index is 10.4. The lowest BCUT2D eigenvalue weighted by Gasteiger charge is -2.29. The second-order valence-corrected chi connectivity index (χ2v) is 3.07. The third kappa shape index (κ3) is 3.27. The van der Waals surface area contributed by atoms with Gasteiger partial charge in [0.1, 0.15) is 6.04 Å². The average Bonchev–Trinajstić information content (AvgIpc) is 2.03. The van der Waals surface area contributed by atoms with Crippen LogP contribution < -0.4 is 5.73 Å². The van der Waals surface area contributed by atoms with Gasteiger partial charge in [0.25, 0.3) is 0 Å². The van der Waals surface area contributed by atoms with Gasteiger partial charge in [-0.3, -0.25) is 4.79 Å². The number of hydrogen-bond acceptors (Lipinski definition) is 5. The number of aliphatic hydroxyl groups excluding tert-OH is 2. The molecule has 0 aliphatic heterocycles. The molecule has 0 aliphatic rings. The number of hydrogen-bond donors (Lipinski definition) is 4. The SMILES string of the molecule is CN(C)C(CO)C(O)[C@H](N)C(=O)O. The zero-order valence-electron chi connectivity index (χ0n) is 7.71. The summed E-state index contributed by atoms with van der Waals surface area (Å²) in [6.07, 6.45) is -1.28. The molecule has 0 aliphatic carbocycles. The van der Waals surface area contributed by atoms with E-state index in [1.807, 2.05) is 0 Å². The smallest absolute Gasteiger partial charge is 0.323 e. The van der Waals surface area contributed by atoms with Crippen LogP contribution in [0.25, 0.3) is 0 Å². The van der Waals surface area contributed by atoms with E-state index in [2.05, 4.69) is 0 Å². The number of carboxylic acids is 1. The molecule has 0 aromatic rings. The Hall–Kier alpha value is -0.690. The van der Waals surface area contributed by atoms with Gasteiger partial charge in [-0.05, 0) is 14.1 Å². The molecular formula is C7H16N2O4. The first-order chi connectivity index (χ1) is 5.91. The van der Waals surface area contributed by atoms with Gasteiger partial charge in [-0.15, -0.1) is 0 Å². The number of nitrogens with two attached hydrogens (primary N) is 1. The van der Waals surface area contributed by atoms with Crippen molar-refractivity contribution >= 4 is 5.97 Å². The summed E-state index contributed by atoms with van der Waals surface area (Å²) in [6.45, 7) is -0.338. The molecule has 78 valence electrons. The molecule has 13 heavy (non-hydrogen) atoms. The summed E-state index contributed by atoms with van der Waals surface area (Å²) in [5, 5.41) is 26.8. The van der Waals surface area contributed by atoms with Gasteiger partial charge in [0.15, 0.2) is 0 Å². The minimum Gasteiger partial charge on any atom is -0.480 e. The Labute approximate surface area is 76.6 Å². The quantitative estimate of drug-likeness (QED) is 0.389. The molecule has 0 bridgehead atoms. The van der Waals surface area contributed by atoms with Crippen molar-refractivity contribution in [2.75, 3.05) is 20.7 Å². The predicted molar refractivity (Wildman–Crippen MR) is 46.2 cm³/mol. The van der Waals surface area contributed by atoms with Gasteiger partial charge in [-0.1, -0.05) is 0 Å². The number of likely N-dealkylation sites (N-methyl/N-ethyl adjacent to an activating group) is 1. The number of nitrogens with zero attached hydrogens (tertiary/aromatic N) is 1. The van der Waals surface area contributed by atoms with E-state index >= 15 is 0 Å². The highest BCUT2D eigenvalue weighted by Gasteiger charge is 2.30. The van der Waals surface area contributed by atoms with Crippen molar-refractivity contribution in [1.82, 2.24) is 4.90 Å². The lowest BCUT2D eigenvalue weighted by molar-refractivity contribution is -0.142. The van der Waals surface area contributed by atoms with Gasteiger partial charge in [-0.2, -0.15) is 0 Å². The first kappa shape index (κ1) is 12.3. The molecule has 0 radical (unpaired) electrons. The summed E-state index contributed by atoms with van der Waals surface area (Å²) >= 11 is 0. The van der Waals surface area contributed by atoms with E-state index in [0.717, 1.165) is 0 Å². The van der Waals surface area contributed by atoms with Crippen LogP contribution in [0.4, 0.5) is 0 Å². The molecule has 0 aromatic carbocycles. The molecule has 5 N–H and O–H groups in total. The monoisotopic (exact) mass is 192 g/mol. The third-order valence-electron chi connectivity index (χ3n) is 1.90. The van der Waals surface area contributed by atoms with Gasteiger partial charge in [0.2, 0.25) is 0 Å². The highest BCUT2D eigenvalue weighted by molar-refractivity contribution is 5.74. The van der Waals surface area contributed by atoms with Crippen molar-refractivity contribution in [2.24, 2.45) is 5.73 Å². The number of carbonyl (C=O) groups is 1. The van der Waals surface area contributed by atoms with E-state index in [-0.39, 0.29) is 6.61 Å². The summed E-state index contributed by atoms with van der Waals surface area (Å²) in [5.74, 6) is -1.28. The van der Waals surface area contributed by atoms with Crippen LogP contribution in [-0.4, -0.2) is 65.1 Å². The molecular weight excluding hydrogens is 176 g/mol. The second-order valence-electron chi connectivity index (χ2n) is 3.07. The maximum Gasteiger partial charge on any atom is 0.323 e. The maximum atomic E-state index is 10.4. The van der Waals surface area contributed by atoms with Crippen LogP contribution in [0.15, 0.2) is 0 Å². The van der Waals surface area contributed by atoms with Crippen molar-refractivity contribution in [3.8, 4) is 0 Å². The van der Waals surface area contributed by atoms with E-state index in [1.165, 1.54) is 4.90 Å². The number of aliphatic carboxylic acids is 1. The fourth-order valence-electron chi connectivity index (χ4n) is 0.962. The van der Waals surface area contributed by atoms with E-state index in [0.29, 0.717) is 0 Å². The fraction of sp³-hybridized carbons (Fsp3) is 0.857. The van der Waals surface area contributed by atoms with Crippen molar-refractivity contribution < 1.29 is 20.1 Å². The molecule has 2 unspecified atom stereocenters. The van der Waals surface area contributed by atoms with E-state index < -0.39 is 24.2 Å². The normalized spacial score (nSPS) is 18.3. The summed E-state index contributed by atoms with van der Waals surface area (Å²) < 4.78 is 0. The standard InChI is InChI=1S/C7H16N2O4/c1-9(2)4(3-10)6(11)5(8)7(12)13/h4-6,10-11H,3,8H2,1-2H3,(H,12,13)/t4?,5-,6?/m0/s1. The molecule has 0 saturated carbocycles. The van der Waals surface area contributed by atoms with Crippen LogP contribution in [0.1, 0.15) is 0 Å². The van der Waals surface area contributed by atoms with Crippen molar-refractivity contribution in [3.63, 3.8) is 0 Å². The zero-order valence-corrected chi connectivity index (χ0v) is 7.71. The highest BCUT2D eigenvalue weighted by Crippen LogP contribution is 2.03. The Balaban J connectivity index is 4.36. The molecule has 0 amide bonds. The molecule has 3 atom stereocenters. The number of aliphatic hydroxyl groups is 2. The van der Waals surface area contributed by atoms with Crippen molar-refractivity contribution in [2.45, 2.75) is 18.2 Å². The minimum absolute atomic E-state index is 0.338. The predicted octanol–water partition coefficient (Wildman–Crippen LogP) is -2.32. The average molecular weight is 192 g/mol. The van der Waals surface area contributed by atoms with Gasteiger partial charge < -0.3 is 26.0 Å². The van der Waals surface area contributed by atoms with Crippen LogP contribution in [0, 0.1) is 0 Å². The second kappa shape index (κ2) is 5.13. The van der Waals surface area contributed by atoms with Crippen LogP contribution >= 0.6 is 0 Å². The number of rotatable bonds is 5. The lowest BCUT2D eigenvalue weighted by atomic mass is 10.0. The van der Waals surface area contributed by atoms with Crippen LogP contribution in [0.5, 0.6) is 0 Å². The Morgan fingerprint density at radius 3 is 2.23 bits per heavy atom. The zero-order chi connectivity index (χ0) is 10.6. The van der Waals surface area contributed by atoms with Gasteiger partial charge >= 0.3 is 5.97 Å². The van der Waals surface area contributed by atoms with E-state index in [1.54, 1.807) is 14.1 Å². The van der Waals surface area contributed by atoms with Crippen LogP contribution in [-0.2, 0) is 4.79 Å². The van der Waals surface area contributed by atoms with Gasteiger partial charge in [-0.25, -0.2) is 0 Å². The summed E-state index contributed by atoms with van der Waals surface area (Å²) in [5.41, 5.74) is 5.19. The summed E-state index contributed by atoms with van der Waals surface area (Å²) in [7, 11) is 3.25. The van der Waals surface area contributed by atoms with E-state index in [4.69, 9.17) is 15.9 Å². The molecule has 0 heterocycles. The molecule has 0 saturated heterocycles. The first-order valence-electron chi connectivity index (χ1n) is 3.85. The Bertz CT molecular complexity index is 174. The molecule has 0 rings (SSSR count). The molecule has 6 heteroatoms.